The van der Waals surface area contributed by atoms with Crippen LogP contribution in [-0.2, 0) is 0 Å². The van der Waals surface area contributed by atoms with Gasteiger partial charge in [0.25, 0.3) is 5.91 Å². The lowest BCUT2D eigenvalue weighted by Crippen LogP contribution is -2.29. The van der Waals surface area contributed by atoms with E-state index in [1.165, 1.54) is 0 Å². The molecule has 0 aliphatic rings. The minimum Gasteiger partial charge on any atom is -0.368 e. The van der Waals surface area contributed by atoms with Crippen LogP contribution >= 0.6 is 0 Å². The van der Waals surface area contributed by atoms with E-state index >= 15 is 0 Å². The summed E-state index contributed by atoms with van der Waals surface area (Å²) in [6, 6.07) is 9.70. The predicted octanol–water partition coefficient (Wildman–Crippen LogP) is 3.05. The Labute approximate surface area is 165 Å². The Hall–Kier alpha value is -3.22. The number of nitrogens with zero attached hydrogens (tertiary/aromatic N) is 4. The molecule has 146 valence electrons. The summed E-state index contributed by atoms with van der Waals surface area (Å²) in [5.41, 5.74) is 4.80. The summed E-state index contributed by atoms with van der Waals surface area (Å²) in [6.45, 7) is 10.8. The summed E-state index contributed by atoms with van der Waals surface area (Å²) in [5.74, 6) is 2.01. The first-order valence-electron chi connectivity index (χ1n) is 9.31. The van der Waals surface area contributed by atoms with Gasteiger partial charge in [-0.1, -0.05) is 17.2 Å². The Kier molecular flexibility index (Phi) is 5.73. The molecule has 0 bridgehead atoms. The number of nitrogens with one attached hydrogen (secondary N) is 2. The topological polar surface area (TPSA) is 84.7 Å². The molecule has 3 rings (SSSR count). The zero-order valence-corrected chi connectivity index (χ0v) is 17.0. The van der Waals surface area contributed by atoms with Crippen LogP contribution in [0.1, 0.15) is 38.7 Å². The molecule has 0 fully saturated rings. The van der Waals surface area contributed by atoms with Crippen LogP contribution in [0.4, 0.5) is 5.82 Å². The Morgan fingerprint density at radius 2 is 1.64 bits per heavy atom. The molecule has 0 aliphatic carbocycles. The van der Waals surface area contributed by atoms with Crippen LogP contribution in [-0.4, -0.2) is 38.7 Å². The van der Waals surface area contributed by atoms with Gasteiger partial charge >= 0.3 is 0 Å². The van der Waals surface area contributed by atoms with E-state index in [0.29, 0.717) is 30.3 Å². The predicted molar refractivity (Wildman–Crippen MR) is 110 cm³/mol. The summed E-state index contributed by atoms with van der Waals surface area (Å²) in [6.07, 6.45) is 0. The molecule has 2 aromatic heterocycles. The Morgan fingerprint density at radius 1 is 0.929 bits per heavy atom. The van der Waals surface area contributed by atoms with Gasteiger partial charge in [-0.15, -0.1) is 0 Å². The molecular formula is C21H26N6O. The molecular weight excluding hydrogens is 352 g/mol. The van der Waals surface area contributed by atoms with Gasteiger partial charge in [0.2, 0.25) is 0 Å². The quantitative estimate of drug-likeness (QED) is 0.644. The van der Waals surface area contributed by atoms with Gasteiger partial charge in [0.1, 0.15) is 11.6 Å². The van der Waals surface area contributed by atoms with E-state index in [0.717, 1.165) is 28.3 Å². The summed E-state index contributed by atoms with van der Waals surface area (Å²) < 4.78 is 1.80. The van der Waals surface area contributed by atoms with Crippen molar-refractivity contribution in [2.75, 3.05) is 18.4 Å². The van der Waals surface area contributed by atoms with Crippen LogP contribution in [0.15, 0.2) is 30.3 Å². The van der Waals surface area contributed by atoms with Gasteiger partial charge in [-0.05, 0) is 52.8 Å². The zero-order chi connectivity index (χ0) is 20.3. The van der Waals surface area contributed by atoms with Crippen molar-refractivity contribution >= 4 is 11.7 Å². The van der Waals surface area contributed by atoms with Crippen molar-refractivity contribution < 1.29 is 4.79 Å². The normalized spacial score (nSPS) is 10.8. The van der Waals surface area contributed by atoms with Crippen LogP contribution in [0.5, 0.6) is 0 Å². The molecule has 7 heteroatoms. The van der Waals surface area contributed by atoms with E-state index in [1.54, 1.807) is 4.68 Å². The van der Waals surface area contributed by atoms with Crippen molar-refractivity contribution in [1.82, 2.24) is 25.1 Å². The lowest BCUT2D eigenvalue weighted by molar-refractivity contribution is 0.0955. The Morgan fingerprint density at radius 3 is 2.29 bits per heavy atom. The molecule has 0 saturated heterocycles. The number of carbonyl (C=O) groups is 1. The number of aryl methyl sites for hydroxylation is 5. The van der Waals surface area contributed by atoms with Crippen molar-refractivity contribution in [2.45, 2.75) is 34.6 Å². The van der Waals surface area contributed by atoms with Gasteiger partial charge < -0.3 is 10.6 Å². The molecule has 3 aromatic rings. The first-order valence-corrected chi connectivity index (χ1v) is 9.31. The fourth-order valence-electron chi connectivity index (χ4n) is 3.19. The average Bonchev–Trinajstić information content (AvgIpc) is 2.95. The smallest absolute Gasteiger partial charge is 0.251 e. The monoisotopic (exact) mass is 378 g/mol. The lowest BCUT2D eigenvalue weighted by Gasteiger charge is -2.11. The van der Waals surface area contributed by atoms with Gasteiger partial charge in [0.05, 0.1) is 5.69 Å². The minimum atomic E-state index is -0.0733. The van der Waals surface area contributed by atoms with Crippen molar-refractivity contribution in [1.29, 1.82) is 0 Å². The number of rotatable bonds is 6. The van der Waals surface area contributed by atoms with E-state index in [4.69, 9.17) is 0 Å². The van der Waals surface area contributed by atoms with Crippen molar-refractivity contribution in [3.8, 4) is 5.82 Å². The second kappa shape index (κ2) is 8.21. The average molecular weight is 378 g/mol. The molecule has 2 N–H and O–H groups in total. The Bertz CT molecular complexity index is 988. The molecule has 1 aromatic carbocycles. The van der Waals surface area contributed by atoms with Crippen LogP contribution in [0.2, 0.25) is 0 Å². The Balaban J connectivity index is 1.60. The van der Waals surface area contributed by atoms with E-state index in [2.05, 4.69) is 31.8 Å². The zero-order valence-electron chi connectivity index (χ0n) is 17.0. The number of hydrogen-bond donors (Lipinski definition) is 2. The summed E-state index contributed by atoms with van der Waals surface area (Å²) in [4.78, 5) is 21.2. The van der Waals surface area contributed by atoms with E-state index in [9.17, 15) is 4.79 Å². The van der Waals surface area contributed by atoms with Crippen LogP contribution in [0.25, 0.3) is 5.82 Å². The van der Waals surface area contributed by atoms with E-state index in [-0.39, 0.29) is 5.91 Å². The second-order valence-electron chi connectivity index (χ2n) is 7.06. The summed E-state index contributed by atoms with van der Waals surface area (Å²) in [5, 5.41) is 10.7. The van der Waals surface area contributed by atoms with Crippen LogP contribution in [0.3, 0.4) is 0 Å². The van der Waals surface area contributed by atoms with Crippen LogP contribution < -0.4 is 10.6 Å². The standard InChI is InChI=1S/C21H26N6O/c1-13-8-14(2)10-18(9-13)21(28)23-7-6-22-19-12-20(25-17(5)24-19)27-16(4)11-15(3)26-27/h8-12H,6-7H2,1-5H3,(H,23,28)(H,22,24,25). The highest BCUT2D eigenvalue weighted by Gasteiger charge is 2.09. The van der Waals surface area contributed by atoms with Crippen molar-refractivity contribution in [3.05, 3.63) is 64.2 Å². The SMILES string of the molecule is Cc1cc(C)cc(C(=O)NCCNc2cc(-n3nc(C)cc3C)nc(C)n2)c1. The molecule has 1 amide bonds. The number of amides is 1. The molecule has 2 heterocycles. The van der Waals surface area contributed by atoms with Gasteiger partial charge in [-0.3, -0.25) is 4.79 Å². The maximum Gasteiger partial charge on any atom is 0.251 e. The largest absolute Gasteiger partial charge is 0.368 e. The molecule has 0 atom stereocenters. The maximum atomic E-state index is 12.3. The number of aromatic nitrogens is 4. The fraction of sp³-hybridized carbons (Fsp3) is 0.333. The molecule has 7 nitrogen and oxygen atoms in total. The molecule has 0 aliphatic heterocycles. The van der Waals surface area contributed by atoms with Crippen molar-refractivity contribution in [3.63, 3.8) is 0 Å². The lowest BCUT2D eigenvalue weighted by atomic mass is 10.1. The molecule has 0 unspecified atom stereocenters. The molecule has 28 heavy (non-hydrogen) atoms. The van der Waals surface area contributed by atoms with Gasteiger partial charge in [0.15, 0.2) is 5.82 Å². The molecule has 0 spiro atoms. The van der Waals surface area contributed by atoms with E-state index in [1.807, 2.05) is 58.9 Å². The van der Waals surface area contributed by atoms with Gasteiger partial charge in [-0.2, -0.15) is 5.10 Å². The van der Waals surface area contributed by atoms with Gasteiger partial charge in [-0.25, -0.2) is 14.6 Å². The summed E-state index contributed by atoms with van der Waals surface area (Å²) >= 11 is 0. The second-order valence-corrected chi connectivity index (χ2v) is 7.06. The third-order valence-corrected chi connectivity index (χ3v) is 4.25. The maximum absolute atomic E-state index is 12.3. The van der Waals surface area contributed by atoms with Gasteiger partial charge in [0, 0.05) is 30.4 Å². The summed E-state index contributed by atoms with van der Waals surface area (Å²) in [7, 11) is 0. The fourth-order valence-corrected chi connectivity index (χ4v) is 3.19. The number of carbonyl (C=O) groups excluding carboxylic acids is 1. The van der Waals surface area contributed by atoms with Crippen molar-refractivity contribution in [2.24, 2.45) is 0 Å². The number of anilines is 1. The van der Waals surface area contributed by atoms with Crippen LogP contribution in [0, 0.1) is 34.6 Å². The third kappa shape index (κ3) is 4.73. The van der Waals surface area contributed by atoms with E-state index < -0.39 is 0 Å². The highest BCUT2D eigenvalue weighted by molar-refractivity contribution is 5.94. The first-order chi connectivity index (χ1) is 13.3. The minimum absolute atomic E-state index is 0.0733. The highest BCUT2D eigenvalue weighted by Crippen LogP contribution is 2.14. The molecule has 0 radical (unpaired) electrons. The first kappa shape index (κ1) is 19.5. The number of benzene rings is 1. The highest BCUT2D eigenvalue weighted by atomic mass is 16.1. The third-order valence-electron chi connectivity index (χ3n) is 4.25. The molecule has 0 saturated carbocycles. The number of hydrogen-bond acceptors (Lipinski definition) is 5.